The van der Waals surface area contributed by atoms with Crippen LogP contribution in [0.5, 0.6) is 0 Å². The Bertz CT molecular complexity index is 604. The molecule has 1 aromatic rings. The highest BCUT2D eigenvalue weighted by molar-refractivity contribution is 6.28. The molecule has 0 bridgehead atoms. The van der Waals surface area contributed by atoms with Crippen LogP contribution in [0.1, 0.15) is 11.1 Å². The average Bonchev–Trinajstić information content (AvgIpc) is 2.32. The van der Waals surface area contributed by atoms with Crippen molar-refractivity contribution in [1.82, 2.24) is 10.6 Å². The zero-order valence-corrected chi connectivity index (χ0v) is 10.9. The first-order valence-corrected chi connectivity index (χ1v) is 5.92. The van der Waals surface area contributed by atoms with Gasteiger partial charge >= 0.3 is 6.03 Å². The molecular formula is C13H13N3O4. The molecule has 7 nitrogen and oxygen atoms in total. The first-order chi connectivity index (χ1) is 9.38. The van der Waals surface area contributed by atoms with Crippen molar-refractivity contribution < 1.29 is 19.2 Å². The zero-order chi connectivity index (χ0) is 14.9. The van der Waals surface area contributed by atoms with Crippen LogP contribution >= 0.6 is 0 Å². The van der Waals surface area contributed by atoms with E-state index >= 15 is 0 Å². The van der Waals surface area contributed by atoms with E-state index in [0.29, 0.717) is 5.69 Å². The molecule has 0 radical (unpaired) electrons. The number of benzene rings is 1. The number of anilines is 1. The van der Waals surface area contributed by atoms with Gasteiger partial charge in [0.15, 0.2) is 5.92 Å². The van der Waals surface area contributed by atoms with Crippen molar-refractivity contribution in [3.05, 3.63) is 29.3 Å². The van der Waals surface area contributed by atoms with Crippen LogP contribution < -0.4 is 16.0 Å². The molecular weight excluding hydrogens is 262 g/mol. The molecule has 1 heterocycles. The molecule has 3 N–H and O–H groups in total. The molecule has 0 aromatic heterocycles. The van der Waals surface area contributed by atoms with Gasteiger partial charge in [-0.1, -0.05) is 6.07 Å². The third kappa shape index (κ3) is 2.66. The topological polar surface area (TPSA) is 104 Å². The number of rotatable bonds is 2. The Morgan fingerprint density at radius 1 is 1.05 bits per heavy atom. The Morgan fingerprint density at radius 2 is 1.65 bits per heavy atom. The predicted octanol–water partition coefficient (Wildman–Crippen LogP) is 0.224. The summed E-state index contributed by atoms with van der Waals surface area (Å²) < 4.78 is 0. The maximum atomic E-state index is 11.9. The van der Waals surface area contributed by atoms with Crippen molar-refractivity contribution in [2.45, 2.75) is 13.8 Å². The van der Waals surface area contributed by atoms with Crippen LogP contribution in [0, 0.1) is 19.8 Å². The third-order valence-electron chi connectivity index (χ3n) is 3.03. The summed E-state index contributed by atoms with van der Waals surface area (Å²) in [4.78, 5) is 45.9. The van der Waals surface area contributed by atoms with Gasteiger partial charge in [-0.15, -0.1) is 0 Å². The molecule has 2 rings (SSSR count). The summed E-state index contributed by atoms with van der Waals surface area (Å²) in [5.74, 6) is -4.22. The normalized spacial score (nSPS) is 15.6. The average molecular weight is 275 g/mol. The monoisotopic (exact) mass is 275 g/mol. The largest absolute Gasteiger partial charge is 0.328 e. The SMILES string of the molecule is Cc1ccc(NC(=O)C2C(=O)NC(=O)NC2=O)cc1C. The van der Waals surface area contributed by atoms with Gasteiger partial charge in [-0.05, 0) is 37.1 Å². The van der Waals surface area contributed by atoms with E-state index in [2.05, 4.69) is 5.32 Å². The van der Waals surface area contributed by atoms with E-state index in [1.165, 1.54) is 0 Å². The van der Waals surface area contributed by atoms with Crippen LogP contribution in [0.2, 0.25) is 0 Å². The summed E-state index contributed by atoms with van der Waals surface area (Å²) in [5, 5.41) is 6.24. The fourth-order valence-corrected chi connectivity index (χ4v) is 1.79. The molecule has 0 atom stereocenters. The first-order valence-electron chi connectivity index (χ1n) is 5.92. The lowest BCUT2D eigenvalue weighted by Crippen LogP contribution is -2.58. The standard InChI is InChI=1S/C13H13N3O4/c1-6-3-4-8(5-7(6)2)14-10(17)9-11(18)15-13(20)16-12(9)19/h3-5,9H,1-2H3,(H,14,17)(H2,15,16,18,19,20). The number of carbonyl (C=O) groups excluding carboxylic acids is 4. The first kappa shape index (κ1) is 13.7. The van der Waals surface area contributed by atoms with Crippen LogP contribution in [-0.2, 0) is 14.4 Å². The van der Waals surface area contributed by atoms with Crippen LogP contribution in [0.4, 0.5) is 10.5 Å². The maximum Gasteiger partial charge on any atom is 0.328 e. The summed E-state index contributed by atoms with van der Waals surface area (Å²) >= 11 is 0. The van der Waals surface area contributed by atoms with E-state index in [-0.39, 0.29) is 0 Å². The summed E-state index contributed by atoms with van der Waals surface area (Å²) in [5.41, 5.74) is 2.51. The summed E-state index contributed by atoms with van der Waals surface area (Å²) in [6.45, 7) is 3.80. The second-order valence-corrected chi connectivity index (χ2v) is 4.53. The van der Waals surface area contributed by atoms with E-state index in [4.69, 9.17) is 0 Å². The third-order valence-corrected chi connectivity index (χ3v) is 3.03. The quantitative estimate of drug-likeness (QED) is 0.672. The molecule has 0 unspecified atom stereocenters. The fourth-order valence-electron chi connectivity index (χ4n) is 1.79. The number of imide groups is 2. The van der Waals surface area contributed by atoms with Crippen molar-refractivity contribution in [3.63, 3.8) is 0 Å². The lowest BCUT2D eigenvalue weighted by molar-refractivity contribution is -0.141. The van der Waals surface area contributed by atoms with E-state index in [9.17, 15) is 19.2 Å². The van der Waals surface area contributed by atoms with Crippen molar-refractivity contribution in [2.24, 2.45) is 5.92 Å². The number of hydrogen-bond acceptors (Lipinski definition) is 4. The minimum absolute atomic E-state index is 0.482. The lowest BCUT2D eigenvalue weighted by atomic mass is 10.0. The van der Waals surface area contributed by atoms with Crippen LogP contribution in [0.25, 0.3) is 0 Å². The van der Waals surface area contributed by atoms with E-state index in [1.807, 2.05) is 30.5 Å². The number of urea groups is 1. The molecule has 1 aromatic carbocycles. The summed E-state index contributed by atoms with van der Waals surface area (Å²) in [7, 11) is 0. The molecule has 1 aliphatic rings. The van der Waals surface area contributed by atoms with Gasteiger partial charge in [0, 0.05) is 5.69 Å². The van der Waals surface area contributed by atoms with Gasteiger partial charge in [0.05, 0.1) is 0 Å². The highest BCUT2D eigenvalue weighted by Crippen LogP contribution is 2.15. The van der Waals surface area contributed by atoms with Crippen molar-refractivity contribution in [3.8, 4) is 0 Å². The van der Waals surface area contributed by atoms with E-state index in [1.54, 1.807) is 12.1 Å². The highest BCUT2D eigenvalue weighted by atomic mass is 16.2. The number of aryl methyl sites for hydroxylation is 2. The lowest BCUT2D eigenvalue weighted by Gasteiger charge is -2.20. The molecule has 20 heavy (non-hydrogen) atoms. The molecule has 1 fully saturated rings. The second kappa shape index (κ2) is 5.12. The van der Waals surface area contributed by atoms with Crippen molar-refractivity contribution in [2.75, 3.05) is 5.32 Å². The Hall–Kier alpha value is -2.70. The van der Waals surface area contributed by atoms with E-state index < -0.39 is 29.7 Å². The predicted molar refractivity (Wildman–Crippen MR) is 69.7 cm³/mol. The summed E-state index contributed by atoms with van der Waals surface area (Å²) in [6.07, 6.45) is 0. The number of amides is 5. The van der Waals surface area contributed by atoms with Crippen LogP contribution in [0.15, 0.2) is 18.2 Å². The summed E-state index contributed by atoms with van der Waals surface area (Å²) in [6, 6.07) is 4.30. The Kier molecular flexibility index (Phi) is 3.51. The van der Waals surface area contributed by atoms with Gasteiger partial charge in [-0.2, -0.15) is 0 Å². The van der Waals surface area contributed by atoms with Gasteiger partial charge < -0.3 is 5.32 Å². The number of barbiturate groups is 1. The minimum atomic E-state index is -1.57. The molecule has 5 amide bonds. The molecule has 104 valence electrons. The maximum absolute atomic E-state index is 11.9. The zero-order valence-electron chi connectivity index (χ0n) is 10.9. The Labute approximate surface area is 114 Å². The number of nitrogens with one attached hydrogen (secondary N) is 3. The van der Waals surface area contributed by atoms with Crippen molar-refractivity contribution in [1.29, 1.82) is 0 Å². The van der Waals surface area contributed by atoms with Gasteiger partial charge in [-0.3, -0.25) is 25.0 Å². The van der Waals surface area contributed by atoms with Crippen LogP contribution in [-0.4, -0.2) is 23.8 Å². The Morgan fingerprint density at radius 3 is 2.20 bits per heavy atom. The van der Waals surface area contributed by atoms with Gasteiger partial charge in [-0.25, -0.2) is 4.79 Å². The molecule has 1 aliphatic heterocycles. The smallest absolute Gasteiger partial charge is 0.325 e. The van der Waals surface area contributed by atoms with Crippen molar-refractivity contribution >= 4 is 29.4 Å². The van der Waals surface area contributed by atoms with Gasteiger partial charge in [0.2, 0.25) is 17.7 Å². The number of carbonyl (C=O) groups is 4. The highest BCUT2D eigenvalue weighted by Gasteiger charge is 2.39. The fraction of sp³-hybridized carbons (Fsp3) is 0.231. The van der Waals surface area contributed by atoms with Crippen LogP contribution in [0.3, 0.4) is 0 Å². The van der Waals surface area contributed by atoms with E-state index in [0.717, 1.165) is 11.1 Å². The minimum Gasteiger partial charge on any atom is -0.325 e. The number of hydrogen-bond donors (Lipinski definition) is 3. The molecule has 7 heteroatoms. The van der Waals surface area contributed by atoms with Gasteiger partial charge in [0.1, 0.15) is 0 Å². The molecule has 0 saturated carbocycles. The second-order valence-electron chi connectivity index (χ2n) is 4.53. The molecule has 0 aliphatic carbocycles. The molecule has 0 spiro atoms. The molecule has 1 saturated heterocycles. The van der Waals surface area contributed by atoms with Gasteiger partial charge in [0.25, 0.3) is 0 Å². The Balaban J connectivity index is 2.15.